The summed E-state index contributed by atoms with van der Waals surface area (Å²) in [5.41, 5.74) is 4.77. The van der Waals surface area contributed by atoms with E-state index in [0.29, 0.717) is 17.9 Å². The lowest BCUT2D eigenvalue weighted by atomic mass is 9.80. The zero-order valence-corrected chi connectivity index (χ0v) is 16.0. The van der Waals surface area contributed by atoms with E-state index in [9.17, 15) is 4.79 Å². The average molecular weight is 370 g/mol. The standard InChI is InChI=1S/C25H22O3/c1-3-27-19-14-12-18(13-15-19)25-22(16-26)24(20-9-5-4-8-17(20)2)21-10-6-7-11-23(21)28-25/h4-16,24H,3H2,1-2H3/t24-/m1/s1. The molecule has 1 aliphatic rings. The quantitative estimate of drug-likeness (QED) is 0.554. The summed E-state index contributed by atoms with van der Waals surface area (Å²) in [6.45, 7) is 4.64. The molecule has 1 aliphatic heterocycles. The third-order valence-corrected chi connectivity index (χ3v) is 5.07. The molecule has 0 radical (unpaired) electrons. The SMILES string of the molecule is CCOc1ccc(C2=C(C=O)[C@H](c3ccccc3C)c3ccccc3O2)cc1. The van der Waals surface area contributed by atoms with Gasteiger partial charge in [-0.3, -0.25) is 4.79 Å². The first kappa shape index (κ1) is 18.1. The molecule has 4 rings (SSSR count). The van der Waals surface area contributed by atoms with Crippen LogP contribution in [0.4, 0.5) is 0 Å². The molecule has 1 atom stereocenters. The van der Waals surface area contributed by atoms with Crippen molar-refractivity contribution in [1.29, 1.82) is 0 Å². The Kier molecular flexibility index (Phi) is 4.98. The lowest BCUT2D eigenvalue weighted by molar-refractivity contribution is -0.105. The molecule has 0 saturated heterocycles. The van der Waals surface area contributed by atoms with Gasteiger partial charge in [-0.05, 0) is 55.3 Å². The molecule has 0 fully saturated rings. The number of allylic oxidation sites excluding steroid dienone is 1. The summed E-state index contributed by atoms with van der Waals surface area (Å²) in [6, 6.07) is 23.8. The molecule has 1 heterocycles. The van der Waals surface area contributed by atoms with Crippen molar-refractivity contribution < 1.29 is 14.3 Å². The number of carbonyl (C=O) groups is 1. The van der Waals surface area contributed by atoms with E-state index in [1.165, 1.54) is 0 Å². The molecule has 0 aliphatic carbocycles. The lowest BCUT2D eigenvalue weighted by Crippen LogP contribution is -2.18. The summed E-state index contributed by atoms with van der Waals surface area (Å²) in [4.78, 5) is 12.3. The van der Waals surface area contributed by atoms with Gasteiger partial charge in [-0.25, -0.2) is 0 Å². The Morgan fingerprint density at radius 2 is 1.61 bits per heavy atom. The van der Waals surface area contributed by atoms with Crippen LogP contribution in [0.25, 0.3) is 5.76 Å². The van der Waals surface area contributed by atoms with Crippen molar-refractivity contribution in [3.63, 3.8) is 0 Å². The van der Waals surface area contributed by atoms with E-state index in [1.807, 2.05) is 67.6 Å². The number of para-hydroxylation sites is 1. The first-order chi connectivity index (χ1) is 13.7. The summed E-state index contributed by atoms with van der Waals surface area (Å²) < 4.78 is 11.8. The minimum Gasteiger partial charge on any atom is -0.494 e. The molecule has 140 valence electrons. The van der Waals surface area contributed by atoms with E-state index in [-0.39, 0.29) is 5.92 Å². The maximum atomic E-state index is 12.3. The van der Waals surface area contributed by atoms with Crippen molar-refractivity contribution in [3.05, 3.63) is 101 Å². The molecule has 0 bridgehead atoms. The predicted molar refractivity (Wildman–Crippen MR) is 111 cm³/mol. The smallest absolute Gasteiger partial charge is 0.150 e. The fraction of sp³-hybridized carbons (Fsp3) is 0.160. The van der Waals surface area contributed by atoms with E-state index >= 15 is 0 Å². The Bertz CT molecular complexity index is 1030. The second kappa shape index (κ2) is 7.73. The maximum Gasteiger partial charge on any atom is 0.150 e. The Morgan fingerprint density at radius 3 is 2.29 bits per heavy atom. The number of hydrogen-bond acceptors (Lipinski definition) is 3. The summed E-state index contributed by atoms with van der Waals surface area (Å²) in [5.74, 6) is 2.02. The summed E-state index contributed by atoms with van der Waals surface area (Å²) in [7, 11) is 0. The first-order valence-corrected chi connectivity index (χ1v) is 9.47. The van der Waals surface area contributed by atoms with E-state index in [2.05, 4.69) is 19.1 Å². The second-order valence-electron chi connectivity index (χ2n) is 6.79. The van der Waals surface area contributed by atoms with Crippen molar-refractivity contribution in [2.24, 2.45) is 0 Å². The minimum atomic E-state index is -0.162. The van der Waals surface area contributed by atoms with Gasteiger partial charge in [-0.2, -0.15) is 0 Å². The Balaban J connectivity index is 1.90. The van der Waals surface area contributed by atoms with Crippen LogP contribution >= 0.6 is 0 Å². The Morgan fingerprint density at radius 1 is 0.929 bits per heavy atom. The number of benzene rings is 3. The van der Waals surface area contributed by atoms with Crippen LogP contribution < -0.4 is 9.47 Å². The van der Waals surface area contributed by atoms with Crippen molar-refractivity contribution >= 4 is 12.0 Å². The van der Waals surface area contributed by atoms with Gasteiger partial charge in [0, 0.05) is 22.6 Å². The zero-order valence-electron chi connectivity index (χ0n) is 16.0. The highest BCUT2D eigenvalue weighted by molar-refractivity contribution is 5.91. The number of fused-ring (bicyclic) bond motifs is 1. The highest BCUT2D eigenvalue weighted by Crippen LogP contribution is 2.45. The van der Waals surface area contributed by atoms with E-state index in [4.69, 9.17) is 9.47 Å². The summed E-state index contributed by atoms with van der Waals surface area (Å²) >= 11 is 0. The summed E-state index contributed by atoms with van der Waals surface area (Å²) in [6.07, 6.45) is 0.929. The first-order valence-electron chi connectivity index (χ1n) is 9.47. The van der Waals surface area contributed by atoms with Crippen LogP contribution in [0.5, 0.6) is 11.5 Å². The fourth-order valence-electron chi connectivity index (χ4n) is 3.74. The van der Waals surface area contributed by atoms with Crippen LogP contribution in [0.2, 0.25) is 0 Å². The number of aldehydes is 1. The van der Waals surface area contributed by atoms with Gasteiger partial charge in [0.25, 0.3) is 0 Å². The van der Waals surface area contributed by atoms with Crippen LogP contribution in [0.3, 0.4) is 0 Å². The normalized spacial score (nSPS) is 15.6. The van der Waals surface area contributed by atoms with Crippen LogP contribution in [-0.2, 0) is 4.79 Å². The van der Waals surface area contributed by atoms with Gasteiger partial charge in [0.05, 0.1) is 6.61 Å². The number of ether oxygens (including phenoxy) is 2. The van der Waals surface area contributed by atoms with E-state index in [0.717, 1.165) is 40.0 Å². The molecule has 0 saturated carbocycles. The van der Waals surface area contributed by atoms with E-state index in [1.54, 1.807) is 0 Å². The minimum absolute atomic E-state index is 0.162. The number of carbonyl (C=O) groups excluding carboxylic acids is 1. The average Bonchev–Trinajstić information content (AvgIpc) is 2.74. The molecule has 0 spiro atoms. The van der Waals surface area contributed by atoms with Crippen molar-refractivity contribution in [3.8, 4) is 11.5 Å². The van der Waals surface area contributed by atoms with Gasteiger partial charge in [-0.1, -0.05) is 42.5 Å². The maximum absolute atomic E-state index is 12.3. The molecular weight excluding hydrogens is 348 g/mol. The number of rotatable bonds is 5. The van der Waals surface area contributed by atoms with Crippen molar-refractivity contribution in [1.82, 2.24) is 0 Å². The largest absolute Gasteiger partial charge is 0.494 e. The summed E-state index contributed by atoms with van der Waals surface area (Å²) in [5, 5.41) is 0. The van der Waals surface area contributed by atoms with Gasteiger partial charge in [-0.15, -0.1) is 0 Å². The molecule has 3 nitrogen and oxygen atoms in total. The van der Waals surface area contributed by atoms with Gasteiger partial charge in [0.2, 0.25) is 0 Å². The molecular formula is C25H22O3. The lowest BCUT2D eigenvalue weighted by Gasteiger charge is -2.30. The van der Waals surface area contributed by atoms with Crippen LogP contribution in [0.15, 0.2) is 78.4 Å². The second-order valence-corrected chi connectivity index (χ2v) is 6.79. The number of aryl methyl sites for hydroxylation is 1. The molecule has 3 aromatic rings. The molecule has 0 unspecified atom stereocenters. The fourth-order valence-corrected chi connectivity index (χ4v) is 3.74. The highest BCUT2D eigenvalue weighted by atomic mass is 16.5. The Labute approximate surface area is 165 Å². The van der Waals surface area contributed by atoms with E-state index < -0.39 is 0 Å². The third-order valence-electron chi connectivity index (χ3n) is 5.07. The highest BCUT2D eigenvalue weighted by Gasteiger charge is 2.32. The zero-order chi connectivity index (χ0) is 19.5. The molecule has 28 heavy (non-hydrogen) atoms. The molecule has 3 aromatic carbocycles. The van der Waals surface area contributed by atoms with Crippen LogP contribution in [0.1, 0.15) is 35.1 Å². The van der Waals surface area contributed by atoms with Crippen LogP contribution in [-0.4, -0.2) is 12.9 Å². The topological polar surface area (TPSA) is 35.5 Å². The van der Waals surface area contributed by atoms with Gasteiger partial charge in [0.15, 0.2) is 6.29 Å². The number of hydrogen-bond donors (Lipinski definition) is 0. The van der Waals surface area contributed by atoms with Crippen LogP contribution in [0, 0.1) is 6.92 Å². The monoisotopic (exact) mass is 370 g/mol. The van der Waals surface area contributed by atoms with Gasteiger partial charge in [0.1, 0.15) is 17.3 Å². The molecule has 0 amide bonds. The van der Waals surface area contributed by atoms with Crippen molar-refractivity contribution in [2.75, 3.05) is 6.61 Å². The molecule has 0 aromatic heterocycles. The van der Waals surface area contributed by atoms with Crippen molar-refractivity contribution in [2.45, 2.75) is 19.8 Å². The predicted octanol–water partition coefficient (Wildman–Crippen LogP) is 5.53. The van der Waals surface area contributed by atoms with Gasteiger partial charge < -0.3 is 9.47 Å². The molecule has 3 heteroatoms. The third kappa shape index (κ3) is 3.20. The van der Waals surface area contributed by atoms with Gasteiger partial charge >= 0.3 is 0 Å². The Hall–Kier alpha value is -3.33. The molecule has 0 N–H and O–H groups in total.